The van der Waals surface area contributed by atoms with E-state index in [9.17, 15) is 0 Å². The Bertz CT molecular complexity index is 239. The SMILES string of the molecule is CCNC(CCO)c1ccc(C)o1. The van der Waals surface area contributed by atoms with E-state index in [-0.39, 0.29) is 12.6 Å². The number of aliphatic hydroxyl groups is 1. The topological polar surface area (TPSA) is 45.4 Å². The molecule has 1 aromatic rings. The Kier molecular flexibility index (Phi) is 3.99. The van der Waals surface area contributed by atoms with E-state index in [0.29, 0.717) is 6.42 Å². The lowest BCUT2D eigenvalue weighted by atomic mass is 10.1. The van der Waals surface area contributed by atoms with Crippen molar-refractivity contribution in [3.63, 3.8) is 0 Å². The highest BCUT2D eigenvalue weighted by molar-refractivity contribution is 5.09. The second kappa shape index (κ2) is 5.04. The Morgan fingerprint density at radius 2 is 2.31 bits per heavy atom. The molecule has 1 rings (SSSR count). The van der Waals surface area contributed by atoms with E-state index in [2.05, 4.69) is 5.32 Å². The third-order valence-electron chi connectivity index (χ3n) is 1.97. The predicted molar refractivity (Wildman–Crippen MR) is 51.6 cm³/mol. The fraction of sp³-hybridized carbons (Fsp3) is 0.600. The summed E-state index contributed by atoms with van der Waals surface area (Å²) in [6, 6.07) is 4.04. The van der Waals surface area contributed by atoms with Gasteiger partial charge in [-0.3, -0.25) is 0 Å². The minimum atomic E-state index is 0.142. The van der Waals surface area contributed by atoms with Gasteiger partial charge in [-0.1, -0.05) is 6.92 Å². The molecule has 1 heterocycles. The minimum Gasteiger partial charge on any atom is -0.465 e. The number of rotatable bonds is 5. The van der Waals surface area contributed by atoms with E-state index < -0.39 is 0 Å². The van der Waals surface area contributed by atoms with Gasteiger partial charge < -0.3 is 14.8 Å². The molecular formula is C10H17NO2. The van der Waals surface area contributed by atoms with E-state index in [1.165, 1.54) is 0 Å². The van der Waals surface area contributed by atoms with E-state index in [1.54, 1.807) is 0 Å². The van der Waals surface area contributed by atoms with Crippen molar-refractivity contribution in [2.75, 3.05) is 13.2 Å². The van der Waals surface area contributed by atoms with Gasteiger partial charge in [-0.2, -0.15) is 0 Å². The number of aryl methyl sites for hydroxylation is 1. The number of aliphatic hydroxyl groups excluding tert-OH is 1. The summed E-state index contributed by atoms with van der Waals surface area (Å²) in [6.07, 6.45) is 0.695. The molecule has 0 aliphatic rings. The van der Waals surface area contributed by atoms with Crippen LogP contribution in [0.2, 0.25) is 0 Å². The smallest absolute Gasteiger partial charge is 0.121 e. The van der Waals surface area contributed by atoms with Gasteiger partial charge in [0.05, 0.1) is 6.04 Å². The Hall–Kier alpha value is -0.800. The highest BCUT2D eigenvalue weighted by Gasteiger charge is 2.12. The summed E-state index contributed by atoms with van der Waals surface area (Å²) in [6.45, 7) is 5.02. The molecule has 0 aromatic carbocycles. The van der Waals surface area contributed by atoms with E-state index in [0.717, 1.165) is 18.1 Å². The van der Waals surface area contributed by atoms with Gasteiger partial charge in [0.15, 0.2) is 0 Å². The Morgan fingerprint density at radius 3 is 2.77 bits per heavy atom. The van der Waals surface area contributed by atoms with E-state index in [4.69, 9.17) is 9.52 Å². The molecule has 0 aliphatic heterocycles. The first kappa shape index (κ1) is 10.3. The first-order valence-corrected chi connectivity index (χ1v) is 4.68. The Balaban J connectivity index is 2.63. The molecule has 0 saturated heterocycles. The molecule has 0 bridgehead atoms. The lowest BCUT2D eigenvalue weighted by molar-refractivity contribution is 0.254. The zero-order valence-corrected chi connectivity index (χ0v) is 8.21. The highest BCUT2D eigenvalue weighted by atomic mass is 16.3. The molecule has 0 radical (unpaired) electrons. The molecule has 0 saturated carbocycles. The highest BCUT2D eigenvalue weighted by Crippen LogP contribution is 2.18. The first-order chi connectivity index (χ1) is 6.27. The monoisotopic (exact) mass is 183 g/mol. The van der Waals surface area contributed by atoms with Crippen molar-refractivity contribution >= 4 is 0 Å². The summed E-state index contributed by atoms with van der Waals surface area (Å²) < 4.78 is 5.48. The van der Waals surface area contributed by atoms with E-state index >= 15 is 0 Å². The van der Waals surface area contributed by atoms with Crippen molar-refractivity contribution in [1.82, 2.24) is 5.32 Å². The van der Waals surface area contributed by atoms with Crippen LogP contribution in [0.25, 0.3) is 0 Å². The summed E-state index contributed by atoms with van der Waals surface area (Å²) in [4.78, 5) is 0. The standard InChI is InChI=1S/C10H17NO2/c1-3-11-9(6-7-12)10-5-4-8(2)13-10/h4-5,9,11-12H,3,6-7H2,1-2H3. The maximum Gasteiger partial charge on any atom is 0.121 e. The molecule has 13 heavy (non-hydrogen) atoms. The number of hydrogen-bond donors (Lipinski definition) is 2. The molecule has 2 N–H and O–H groups in total. The summed E-state index contributed by atoms with van der Waals surface area (Å²) in [5, 5.41) is 12.1. The lowest BCUT2D eigenvalue weighted by Crippen LogP contribution is -2.21. The maximum atomic E-state index is 8.85. The third kappa shape index (κ3) is 2.86. The van der Waals surface area contributed by atoms with Gasteiger partial charge in [-0.15, -0.1) is 0 Å². The molecule has 0 aliphatic carbocycles. The van der Waals surface area contributed by atoms with Gasteiger partial charge in [0.1, 0.15) is 11.5 Å². The quantitative estimate of drug-likeness (QED) is 0.729. The van der Waals surface area contributed by atoms with Crippen LogP contribution in [-0.2, 0) is 0 Å². The summed E-state index contributed by atoms with van der Waals surface area (Å²) in [7, 11) is 0. The van der Waals surface area contributed by atoms with Gasteiger partial charge in [-0.25, -0.2) is 0 Å². The largest absolute Gasteiger partial charge is 0.465 e. The molecule has 0 spiro atoms. The Labute approximate surface area is 78.8 Å². The molecule has 0 fully saturated rings. The molecular weight excluding hydrogens is 166 g/mol. The lowest BCUT2D eigenvalue weighted by Gasteiger charge is -2.13. The van der Waals surface area contributed by atoms with Crippen LogP contribution in [0.5, 0.6) is 0 Å². The fourth-order valence-electron chi connectivity index (χ4n) is 1.36. The van der Waals surface area contributed by atoms with Crippen LogP contribution in [0.3, 0.4) is 0 Å². The average molecular weight is 183 g/mol. The molecule has 1 unspecified atom stereocenters. The summed E-state index contributed by atoms with van der Waals surface area (Å²) in [5.74, 6) is 1.82. The molecule has 1 atom stereocenters. The fourth-order valence-corrected chi connectivity index (χ4v) is 1.36. The molecule has 3 heteroatoms. The van der Waals surface area contributed by atoms with Crippen molar-refractivity contribution < 1.29 is 9.52 Å². The van der Waals surface area contributed by atoms with Crippen molar-refractivity contribution in [3.05, 3.63) is 23.7 Å². The van der Waals surface area contributed by atoms with Crippen molar-refractivity contribution in [3.8, 4) is 0 Å². The summed E-state index contributed by atoms with van der Waals surface area (Å²) in [5.41, 5.74) is 0. The number of nitrogens with one attached hydrogen (secondary N) is 1. The van der Waals surface area contributed by atoms with Crippen LogP contribution in [0.15, 0.2) is 16.5 Å². The van der Waals surface area contributed by atoms with Crippen LogP contribution in [0.1, 0.15) is 30.9 Å². The van der Waals surface area contributed by atoms with Crippen LogP contribution >= 0.6 is 0 Å². The van der Waals surface area contributed by atoms with Crippen LogP contribution in [0.4, 0.5) is 0 Å². The maximum absolute atomic E-state index is 8.85. The molecule has 74 valence electrons. The molecule has 1 aromatic heterocycles. The van der Waals surface area contributed by atoms with Gasteiger partial charge >= 0.3 is 0 Å². The van der Waals surface area contributed by atoms with Crippen LogP contribution in [-0.4, -0.2) is 18.3 Å². The molecule has 0 amide bonds. The number of furan rings is 1. The van der Waals surface area contributed by atoms with Crippen LogP contribution < -0.4 is 5.32 Å². The van der Waals surface area contributed by atoms with Crippen molar-refractivity contribution in [2.45, 2.75) is 26.3 Å². The van der Waals surface area contributed by atoms with Gasteiger partial charge in [-0.05, 0) is 32.0 Å². The van der Waals surface area contributed by atoms with E-state index in [1.807, 2.05) is 26.0 Å². The van der Waals surface area contributed by atoms with Crippen LogP contribution in [0, 0.1) is 6.92 Å². The number of hydrogen-bond acceptors (Lipinski definition) is 3. The van der Waals surface area contributed by atoms with Crippen molar-refractivity contribution in [2.24, 2.45) is 0 Å². The Morgan fingerprint density at radius 1 is 1.54 bits per heavy atom. The van der Waals surface area contributed by atoms with Gasteiger partial charge in [0.2, 0.25) is 0 Å². The second-order valence-electron chi connectivity index (χ2n) is 3.07. The van der Waals surface area contributed by atoms with Gasteiger partial charge in [0, 0.05) is 6.61 Å². The zero-order chi connectivity index (χ0) is 9.68. The normalized spacial score (nSPS) is 13.2. The first-order valence-electron chi connectivity index (χ1n) is 4.68. The van der Waals surface area contributed by atoms with Gasteiger partial charge in [0.25, 0.3) is 0 Å². The summed E-state index contributed by atoms with van der Waals surface area (Å²) >= 11 is 0. The third-order valence-corrected chi connectivity index (χ3v) is 1.97. The second-order valence-corrected chi connectivity index (χ2v) is 3.07. The minimum absolute atomic E-state index is 0.142. The predicted octanol–water partition coefficient (Wildman–Crippen LogP) is 1.62. The zero-order valence-electron chi connectivity index (χ0n) is 8.21. The average Bonchev–Trinajstić information content (AvgIpc) is 2.51. The van der Waals surface area contributed by atoms with Crippen molar-refractivity contribution in [1.29, 1.82) is 0 Å². The molecule has 3 nitrogen and oxygen atoms in total.